The van der Waals surface area contributed by atoms with E-state index in [0.717, 1.165) is 22.6 Å². The van der Waals surface area contributed by atoms with Crippen LogP contribution in [0.5, 0.6) is 28.7 Å². The Labute approximate surface area is 152 Å². The first kappa shape index (κ1) is 16.8. The Morgan fingerprint density at radius 1 is 1.00 bits per heavy atom. The number of fused-ring (bicyclic) bond motifs is 2. The molecule has 0 fully saturated rings. The molecule has 6 nitrogen and oxygen atoms in total. The second-order valence-corrected chi connectivity index (χ2v) is 6.77. The maximum atomic E-state index is 10.9. The number of hydrogen-bond acceptors (Lipinski definition) is 6. The Hall–Kier alpha value is -2.60. The highest BCUT2D eigenvalue weighted by Gasteiger charge is 2.45. The SMILES string of the molecule is COc1ccc(OC)c(C2c3cc4c(cc3OC(C)(O)C2C)OCO4)c1. The summed E-state index contributed by atoms with van der Waals surface area (Å²) in [5.41, 5.74) is 1.84. The Bertz CT molecular complexity index is 844. The lowest BCUT2D eigenvalue weighted by molar-refractivity contribution is -0.171. The molecule has 0 aromatic heterocycles. The van der Waals surface area contributed by atoms with Crippen molar-refractivity contribution in [3.8, 4) is 28.7 Å². The number of rotatable bonds is 3. The summed E-state index contributed by atoms with van der Waals surface area (Å²) in [7, 11) is 3.26. The zero-order valence-corrected chi connectivity index (χ0v) is 15.2. The van der Waals surface area contributed by atoms with Crippen molar-refractivity contribution >= 4 is 0 Å². The van der Waals surface area contributed by atoms with E-state index >= 15 is 0 Å². The van der Waals surface area contributed by atoms with Gasteiger partial charge in [0.2, 0.25) is 12.6 Å². The highest BCUT2D eigenvalue weighted by atomic mass is 16.7. The molecule has 0 radical (unpaired) electrons. The van der Waals surface area contributed by atoms with Crippen molar-refractivity contribution in [2.75, 3.05) is 21.0 Å². The monoisotopic (exact) mass is 358 g/mol. The average molecular weight is 358 g/mol. The molecule has 0 aliphatic carbocycles. The molecule has 2 aromatic carbocycles. The number of methoxy groups -OCH3 is 2. The molecule has 2 aromatic rings. The van der Waals surface area contributed by atoms with Crippen LogP contribution in [0.3, 0.4) is 0 Å². The molecule has 2 aliphatic rings. The lowest BCUT2D eigenvalue weighted by Crippen LogP contribution is -2.45. The Morgan fingerprint density at radius 2 is 1.73 bits per heavy atom. The predicted octanol–water partition coefficient (Wildman–Crippen LogP) is 3.30. The summed E-state index contributed by atoms with van der Waals surface area (Å²) in [4.78, 5) is 0. The van der Waals surface area contributed by atoms with Crippen LogP contribution in [0.1, 0.15) is 30.9 Å². The lowest BCUT2D eigenvalue weighted by Gasteiger charge is -2.42. The van der Waals surface area contributed by atoms with Gasteiger partial charge in [0, 0.05) is 36.0 Å². The van der Waals surface area contributed by atoms with Gasteiger partial charge < -0.3 is 28.8 Å². The van der Waals surface area contributed by atoms with E-state index in [4.69, 9.17) is 23.7 Å². The van der Waals surface area contributed by atoms with Gasteiger partial charge in [-0.15, -0.1) is 0 Å². The molecular formula is C20H22O6. The van der Waals surface area contributed by atoms with E-state index in [2.05, 4.69) is 0 Å². The van der Waals surface area contributed by atoms with Crippen molar-refractivity contribution in [2.24, 2.45) is 5.92 Å². The van der Waals surface area contributed by atoms with Crippen molar-refractivity contribution in [3.05, 3.63) is 41.5 Å². The summed E-state index contributed by atoms with van der Waals surface area (Å²) in [6.45, 7) is 3.80. The van der Waals surface area contributed by atoms with Gasteiger partial charge in [-0.25, -0.2) is 0 Å². The van der Waals surface area contributed by atoms with Gasteiger partial charge in [-0.2, -0.15) is 0 Å². The van der Waals surface area contributed by atoms with E-state index in [0.29, 0.717) is 17.2 Å². The molecule has 3 unspecified atom stereocenters. The van der Waals surface area contributed by atoms with E-state index in [1.807, 2.05) is 31.2 Å². The summed E-state index contributed by atoms with van der Waals surface area (Å²) in [5.74, 6) is 1.56. The van der Waals surface area contributed by atoms with Gasteiger partial charge in [0.15, 0.2) is 11.5 Å². The number of benzene rings is 2. The second-order valence-electron chi connectivity index (χ2n) is 6.77. The van der Waals surface area contributed by atoms with Crippen LogP contribution in [-0.2, 0) is 0 Å². The molecule has 26 heavy (non-hydrogen) atoms. The van der Waals surface area contributed by atoms with Gasteiger partial charge in [-0.3, -0.25) is 0 Å². The van der Waals surface area contributed by atoms with Crippen LogP contribution >= 0.6 is 0 Å². The normalized spacial score (nSPS) is 26.0. The molecule has 0 amide bonds. The minimum absolute atomic E-state index is 0.173. The third kappa shape index (κ3) is 2.52. The minimum Gasteiger partial charge on any atom is -0.497 e. The van der Waals surface area contributed by atoms with Gasteiger partial charge in [0.25, 0.3) is 0 Å². The summed E-state index contributed by atoms with van der Waals surface area (Å²) < 4.78 is 27.9. The smallest absolute Gasteiger partial charge is 0.231 e. The zero-order chi connectivity index (χ0) is 18.5. The molecule has 6 heteroatoms. The van der Waals surface area contributed by atoms with Crippen LogP contribution in [-0.4, -0.2) is 31.9 Å². The third-order valence-electron chi connectivity index (χ3n) is 5.27. The summed E-state index contributed by atoms with van der Waals surface area (Å²) in [5, 5.41) is 10.9. The van der Waals surface area contributed by atoms with Crippen LogP contribution in [0.4, 0.5) is 0 Å². The van der Waals surface area contributed by atoms with Crippen LogP contribution in [0.25, 0.3) is 0 Å². The lowest BCUT2D eigenvalue weighted by atomic mass is 9.75. The quantitative estimate of drug-likeness (QED) is 0.908. The molecule has 2 aliphatic heterocycles. The van der Waals surface area contributed by atoms with E-state index in [9.17, 15) is 5.11 Å². The summed E-state index contributed by atoms with van der Waals surface area (Å²) >= 11 is 0. The molecule has 0 bridgehead atoms. The maximum absolute atomic E-state index is 10.9. The molecule has 0 saturated carbocycles. The van der Waals surface area contributed by atoms with Crippen molar-refractivity contribution in [2.45, 2.75) is 25.6 Å². The van der Waals surface area contributed by atoms with Gasteiger partial charge in [0.1, 0.15) is 17.2 Å². The molecule has 1 N–H and O–H groups in total. The van der Waals surface area contributed by atoms with E-state index < -0.39 is 5.79 Å². The number of hydrogen-bond donors (Lipinski definition) is 1. The predicted molar refractivity (Wildman–Crippen MR) is 94.4 cm³/mol. The van der Waals surface area contributed by atoms with Crippen molar-refractivity contribution < 1.29 is 28.8 Å². The fourth-order valence-corrected chi connectivity index (χ4v) is 3.68. The van der Waals surface area contributed by atoms with Gasteiger partial charge >= 0.3 is 0 Å². The first-order chi connectivity index (χ1) is 12.4. The van der Waals surface area contributed by atoms with Crippen LogP contribution < -0.4 is 23.7 Å². The van der Waals surface area contributed by atoms with E-state index in [1.54, 1.807) is 27.2 Å². The topological polar surface area (TPSA) is 66.4 Å². The standard InChI is InChI=1S/C20H22O6/c1-11-19(13-7-12(22-3)5-6-15(13)23-4)14-8-17-18(25-10-24-17)9-16(14)26-20(11,2)21/h5-9,11,19,21H,10H2,1-4H3. The highest BCUT2D eigenvalue weighted by Crippen LogP contribution is 2.53. The average Bonchev–Trinajstić information content (AvgIpc) is 3.08. The van der Waals surface area contributed by atoms with Gasteiger partial charge in [-0.1, -0.05) is 6.92 Å². The third-order valence-corrected chi connectivity index (χ3v) is 5.27. The molecule has 138 valence electrons. The molecular weight excluding hydrogens is 336 g/mol. The number of aliphatic hydroxyl groups is 1. The molecule has 0 saturated heterocycles. The van der Waals surface area contributed by atoms with Gasteiger partial charge in [-0.05, 0) is 24.3 Å². The molecule has 2 heterocycles. The number of ether oxygens (including phenoxy) is 5. The van der Waals surface area contributed by atoms with Gasteiger partial charge in [0.05, 0.1) is 14.2 Å². The fraction of sp³-hybridized carbons (Fsp3) is 0.400. The summed E-state index contributed by atoms with van der Waals surface area (Å²) in [6, 6.07) is 9.36. The van der Waals surface area contributed by atoms with Crippen LogP contribution in [0, 0.1) is 5.92 Å². The van der Waals surface area contributed by atoms with Crippen LogP contribution in [0.2, 0.25) is 0 Å². The first-order valence-corrected chi connectivity index (χ1v) is 8.51. The summed E-state index contributed by atoms with van der Waals surface area (Å²) in [6.07, 6.45) is 0. The molecule has 4 rings (SSSR count). The molecule has 3 atom stereocenters. The maximum Gasteiger partial charge on any atom is 0.231 e. The Morgan fingerprint density at radius 3 is 2.42 bits per heavy atom. The largest absolute Gasteiger partial charge is 0.497 e. The van der Waals surface area contributed by atoms with Crippen molar-refractivity contribution in [1.29, 1.82) is 0 Å². The first-order valence-electron chi connectivity index (χ1n) is 8.51. The van der Waals surface area contributed by atoms with Crippen molar-refractivity contribution in [1.82, 2.24) is 0 Å². The van der Waals surface area contributed by atoms with Crippen molar-refractivity contribution in [3.63, 3.8) is 0 Å². The van der Waals surface area contributed by atoms with E-state index in [1.165, 1.54) is 0 Å². The Kier molecular flexibility index (Phi) is 3.88. The fourth-order valence-electron chi connectivity index (χ4n) is 3.68. The van der Waals surface area contributed by atoms with Crippen LogP contribution in [0.15, 0.2) is 30.3 Å². The molecule has 0 spiro atoms. The highest BCUT2D eigenvalue weighted by molar-refractivity contribution is 5.58. The second kappa shape index (κ2) is 5.99. The zero-order valence-electron chi connectivity index (χ0n) is 15.2. The van der Waals surface area contributed by atoms with E-state index in [-0.39, 0.29) is 18.6 Å². The minimum atomic E-state index is -1.35. The Balaban J connectivity index is 1.93.